The van der Waals surface area contributed by atoms with E-state index < -0.39 is 0 Å². The summed E-state index contributed by atoms with van der Waals surface area (Å²) in [5.41, 5.74) is 3.28. The molecule has 0 radical (unpaired) electrons. The van der Waals surface area contributed by atoms with Gasteiger partial charge in [-0.25, -0.2) is 0 Å². The van der Waals surface area contributed by atoms with Crippen LogP contribution in [-0.4, -0.2) is 18.1 Å². The Bertz CT molecular complexity index is 453. The lowest BCUT2D eigenvalue weighted by Crippen LogP contribution is -2.20. The Labute approximate surface area is 102 Å². The quantitative estimate of drug-likeness (QED) is 0.845. The number of hydrogen-bond donors (Lipinski definition) is 2. The Morgan fingerprint density at radius 1 is 1.24 bits per heavy atom. The highest BCUT2D eigenvalue weighted by molar-refractivity contribution is 5.73. The van der Waals surface area contributed by atoms with Crippen LogP contribution in [0.2, 0.25) is 0 Å². The molecule has 1 rings (SSSR count). The van der Waals surface area contributed by atoms with Gasteiger partial charge in [0.2, 0.25) is 5.91 Å². The number of phenolic OH excluding ortho intramolecular Hbond substituents is 1. The van der Waals surface area contributed by atoms with Gasteiger partial charge in [0, 0.05) is 19.0 Å². The standard InChI is InChI=1S/C13H19NO3/c1-7-8(2)13(17-5)11(6-14-10(4)15)9(3)12(7)16/h16H,6H2,1-5H3,(H,14,15). The molecule has 2 N–H and O–H groups in total. The molecule has 0 fully saturated rings. The summed E-state index contributed by atoms with van der Waals surface area (Å²) in [5.74, 6) is 0.888. The van der Waals surface area contributed by atoms with E-state index in [0.717, 1.165) is 28.0 Å². The number of aromatic hydroxyl groups is 1. The topological polar surface area (TPSA) is 58.6 Å². The molecule has 4 nitrogen and oxygen atoms in total. The number of hydrogen-bond acceptors (Lipinski definition) is 3. The number of nitrogens with one attached hydrogen (secondary N) is 1. The number of benzene rings is 1. The Morgan fingerprint density at radius 2 is 1.82 bits per heavy atom. The van der Waals surface area contributed by atoms with Crippen LogP contribution >= 0.6 is 0 Å². The number of methoxy groups -OCH3 is 1. The molecule has 0 bridgehead atoms. The number of amides is 1. The lowest BCUT2D eigenvalue weighted by atomic mass is 9.97. The molecule has 4 heteroatoms. The summed E-state index contributed by atoms with van der Waals surface area (Å²) >= 11 is 0. The summed E-state index contributed by atoms with van der Waals surface area (Å²) < 4.78 is 5.36. The SMILES string of the molecule is COc1c(C)c(C)c(O)c(C)c1CNC(C)=O. The van der Waals surface area contributed by atoms with Gasteiger partial charge < -0.3 is 15.2 Å². The minimum atomic E-state index is -0.107. The molecule has 1 aromatic carbocycles. The minimum absolute atomic E-state index is 0.107. The van der Waals surface area contributed by atoms with Crippen molar-refractivity contribution >= 4 is 5.91 Å². The summed E-state index contributed by atoms with van der Waals surface area (Å²) in [4.78, 5) is 11.0. The number of carbonyl (C=O) groups is 1. The van der Waals surface area contributed by atoms with Gasteiger partial charge in [-0.1, -0.05) is 0 Å². The molecule has 17 heavy (non-hydrogen) atoms. The van der Waals surface area contributed by atoms with E-state index in [0.29, 0.717) is 6.54 Å². The van der Waals surface area contributed by atoms with E-state index in [1.807, 2.05) is 20.8 Å². The van der Waals surface area contributed by atoms with Crippen LogP contribution in [0, 0.1) is 20.8 Å². The number of ether oxygens (including phenoxy) is 1. The zero-order chi connectivity index (χ0) is 13.2. The van der Waals surface area contributed by atoms with Crippen LogP contribution in [0.3, 0.4) is 0 Å². The second-order valence-electron chi connectivity index (χ2n) is 4.15. The van der Waals surface area contributed by atoms with Gasteiger partial charge in [-0.15, -0.1) is 0 Å². The van der Waals surface area contributed by atoms with Gasteiger partial charge in [-0.2, -0.15) is 0 Å². The lowest BCUT2D eigenvalue weighted by molar-refractivity contribution is -0.119. The number of phenols is 1. The van der Waals surface area contributed by atoms with Gasteiger partial charge in [0.05, 0.1) is 7.11 Å². The van der Waals surface area contributed by atoms with E-state index in [1.165, 1.54) is 6.92 Å². The predicted octanol–water partition coefficient (Wildman–Crippen LogP) is 1.96. The average molecular weight is 237 g/mol. The Balaban J connectivity index is 3.31. The van der Waals surface area contributed by atoms with E-state index >= 15 is 0 Å². The molecule has 0 saturated carbocycles. The lowest BCUT2D eigenvalue weighted by Gasteiger charge is -2.18. The maximum atomic E-state index is 11.0. The summed E-state index contributed by atoms with van der Waals surface area (Å²) in [6.07, 6.45) is 0. The van der Waals surface area contributed by atoms with E-state index in [4.69, 9.17) is 4.74 Å². The maximum Gasteiger partial charge on any atom is 0.217 e. The van der Waals surface area contributed by atoms with Crippen LogP contribution in [0.4, 0.5) is 0 Å². The molecule has 94 valence electrons. The van der Waals surface area contributed by atoms with E-state index in [-0.39, 0.29) is 11.7 Å². The van der Waals surface area contributed by atoms with Crippen LogP contribution in [0.25, 0.3) is 0 Å². The van der Waals surface area contributed by atoms with E-state index in [2.05, 4.69) is 5.32 Å². The van der Waals surface area contributed by atoms with Crippen LogP contribution in [0.5, 0.6) is 11.5 Å². The molecule has 0 saturated heterocycles. The van der Waals surface area contributed by atoms with Gasteiger partial charge in [0.15, 0.2) is 0 Å². The fraction of sp³-hybridized carbons (Fsp3) is 0.462. The second-order valence-corrected chi connectivity index (χ2v) is 4.15. The first kappa shape index (κ1) is 13.4. The summed E-state index contributed by atoms with van der Waals surface area (Å²) in [5, 5.41) is 12.7. The van der Waals surface area contributed by atoms with Crippen molar-refractivity contribution in [1.82, 2.24) is 5.32 Å². The van der Waals surface area contributed by atoms with Crippen molar-refractivity contribution in [3.63, 3.8) is 0 Å². The summed E-state index contributed by atoms with van der Waals surface area (Å²) in [6, 6.07) is 0. The third-order valence-electron chi connectivity index (χ3n) is 3.06. The van der Waals surface area contributed by atoms with E-state index in [1.54, 1.807) is 7.11 Å². The molecule has 0 aliphatic rings. The first-order valence-electron chi connectivity index (χ1n) is 5.50. The molecule has 0 aliphatic heterocycles. The first-order chi connectivity index (χ1) is 7.90. The van der Waals surface area contributed by atoms with Crippen LogP contribution in [-0.2, 0) is 11.3 Å². The van der Waals surface area contributed by atoms with Crippen LogP contribution in [0.15, 0.2) is 0 Å². The van der Waals surface area contributed by atoms with E-state index in [9.17, 15) is 9.90 Å². The number of rotatable bonds is 3. The smallest absolute Gasteiger partial charge is 0.217 e. The van der Waals surface area contributed by atoms with Gasteiger partial charge in [0.25, 0.3) is 0 Å². The Morgan fingerprint density at radius 3 is 2.29 bits per heavy atom. The fourth-order valence-corrected chi connectivity index (χ4v) is 1.87. The van der Waals surface area contributed by atoms with Gasteiger partial charge in [-0.05, 0) is 37.5 Å². The Hall–Kier alpha value is -1.71. The Kier molecular flexibility index (Phi) is 3.99. The monoisotopic (exact) mass is 237 g/mol. The first-order valence-corrected chi connectivity index (χ1v) is 5.50. The normalized spacial score (nSPS) is 10.2. The zero-order valence-corrected chi connectivity index (χ0v) is 11.0. The van der Waals surface area contributed by atoms with Crippen molar-refractivity contribution in [2.24, 2.45) is 0 Å². The third-order valence-corrected chi connectivity index (χ3v) is 3.06. The highest BCUT2D eigenvalue weighted by atomic mass is 16.5. The molecule has 0 unspecified atom stereocenters. The van der Waals surface area contributed by atoms with Crippen molar-refractivity contribution in [3.8, 4) is 11.5 Å². The highest BCUT2D eigenvalue weighted by Crippen LogP contribution is 2.36. The van der Waals surface area contributed by atoms with Gasteiger partial charge in [0.1, 0.15) is 11.5 Å². The molecule has 0 aromatic heterocycles. The van der Waals surface area contributed by atoms with Crippen LogP contribution < -0.4 is 10.1 Å². The average Bonchev–Trinajstić information content (AvgIpc) is 2.29. The predicted molar refractivity (Wildman–Crippen MR) is 66.4 cm³/mol. The summed E-state index contributed by atoms with van der Waals surface area (Å²) in [6.45, 7) is 7.39. The maximum absolute atomic E-state index is 11.0. The van der Waals surface area contributed by atoms with Crippen molar-refractivity contribution in [3.05, 3.63) is 22.3 Å². The molecular formula is C13H19NO3. The second kappa shape index (κ2) is 5.08. The number of carbonyl (C=O) groups excluding carboxylic acids is 1. The molecule has 0 aliphatic carbocycles. The molecule has 0 spiro atoms. The van der Waals surface area contributed by atoms with Crippen molar-refractivity contribution < 1.29 is 14.6 Å². The molecule has 0 atom stereocenters. The fourth-order valence-electron chi connectivity index (χ4n) is 1.87. The molecule has 1 aromatic rings. The zero-order valence-electron chi connectivity index (χ0n) is 11.0. The van der Waals surface area contributed by atoms with Crippen molar-refractivity contribution in [2.45, 2.75) is 34.2 Å². The largest absolute Gasteiger partial charge is 0.507 e. The van der Waals surface area contributed by atoms with Crippen molar-refractivity contribution in [1.29, 1.82) is 0 Å². The molecule has 1 amide bonds. The third kappa shape index (κ3) is 2.52. The van der Waals surface area contributed by atoms with Gasteiger partial charge >= 0.3 is 0 Å². The summed E-state index contributed by atoms with van der Waals surface area (Å²) in [7, 11) is 1.59. The molecular weight excluding hydrogens is 218 g/mol. The highest BCUT2D eigenvalue weighted by Gasteiger charge is 2.17. The molecule has 0 heterocycles. The van der Waals surface area contributed by atoms with Gasteiger partial charge in [-0.3, -0.25) is 4.79 Å². The van der Waals surface area contributed by atoms with Crippen molar-refractivity contribution in [2.75, 3.05) is 7.11 Å². The minimum Gasteiger partial charge on any atom is -0.507 e. The van der Waals surface area contributed by atoms with Crippen LogP contribution in [0.1, 0.15) is 29.2 Å².